The summed E-state index contributed by atoms with van der Waals surface area (Å²) in [6.07, 6.45) is 0.920. The molecule has 3 amide bonds. The number of amides is 3. The van der Waals surface area contributed by atoms with E-state index >= 15 is 0 Å². The van der Waals surface area contributed by atoms with Gasteiger partial charge in [0.25, 0.3) is 0 Å². The van der Waals surface area contributed by atoms with Crippen LogP contribution >= 0.6 is 0 Å². The van der Waals surface area contributed by atoms with Crippen molar-refractivity contribution >= 4 is 17.7 Å². The van der Waals surface area contributed by atoms with Gasteiger partial charge in [0, 0.05) is 32.1 Å². The van der Waals surface area contributed by atoms with E-state index in [0.29, 0.717) is 19.5 Å². The summed E-state index contributed by atoms with van der Waals surface area (Å²) in [5.41, 5.74) is 6.11. The molecule has 1 atom stereocenters. The zero-order valence-corrected chi connectivity index (χ0v) is 12.7. The first-order valence-corrected chi connectivity index (χ1v) is 7.45. The van der Waals surface area contributed by atoms with Gasteiger partial charge in [0.1, 0.15) is 0 Å². The van der Waals surface area contributed by atoms with Crippen LogP contribution in [0.5, 0.6) is 0 Å². The molecule has 6 nitrogen and oxygen atoms in total. The summed E-state index contributed by atoms with van der Waals surface area (Å²) in [4.78, 5) is 38.5. The minimum Gasteiger partial charge on any atom is -0.361 e. The SMILES string of the molecule is CC[C@H]1CN(C(=O)C(N)=O)CCC(=O)N1Cc1ccccc1. The van der Waals surface area contributed by atoms with Crippen LogP contribution < -0.4 is 5.73 Å². The van der Waals surface area contributed by atoms with Crippen molar-refractivity contribution in [2.24, 2.45) is 5.73 Å². The molecule has 1 aliphatic heterocycles. The number of carbonyl (C=O) groups excluding carboxylic acids is 3. The van der Waals surface area contributed by atoms with Gasteiger partial charge < -0.3 is 15.5 Å². The lowest BCUT2D eigenvalue weighted by Crippen LogP contribution is -2.46. The van der Waals surface area contributed by atoms with Crippen LogP contribution in [0.3, 0.4) is 0 Å². The highest BCUT2D eigenvalue weighted by Crippen LogP contribution is 2.17. The molecule has 2 N–H and O–H groups in total. The van der Waals surface area contributed by atoms with Crippen LogP contribution in [0.1, 0.15) is 25.3 Å². The van der Waals surface area contributed by atoms with Gasteiger partial charge in [-0.1, -0.05) is 37.3 Å². The molecule has 6 heteroatoms. The third-order valence-corrected chi connectivity index (χ3v) is 3.95. The van der Waals surface area contributed by atoms with Crippen molar-refractivity contribution in [1.82, 2.24) is 9.80 Å². The van der Waals surface area contributed by atoms with Gasteiger partial charge in [-0.05, 0) is 12.0 Å². The van der Waals surface area contributed by atoms with E-state index in [1.54, 1.807) is 4.90 Å². The maximum atomic E-state index is 12.4. The molecule has 0 spiro atoms. The average molecular weight is 303 g/mol. The number of nitrogens with zero attached hydrogens (tertiary/aromatic N) is 2. The molecule has 0 bridgehead atoms. The fraction of sp³-hybridized carbons (Fsp3) is 0.438. The van der Waals surface area contributed by atoms with Gasteiger partial charge in [-0.15, -0.1) is 0 Å². The van der Waals surface area contributed by atoms with E-state index in [0.717, 1.165) is 5.56 Å². The number of hydrogen-bond donors (Lipinski definition) is 1. The molecule has 0 radical (unpaired) electrons. The third kappa shape index (κ3) is 3.63. The molecule has 1 saturated heterocycles. The first-order chi connectivity index (χ1) is 10.5. The average Bonchev–Trinajstić information content (AvgIpc) is 2.68. The van der Waals surface area contributed by atoms with E-state index in [2.05, 4.69) is 0 Å². The summed E-state index contributed by atoms with van der Waals surface area (Å²) >= 11 is 0. The zero-order valence-electron chi connectivity index (χ0n) is 12.7. The van der Waals surface area contributed by atoms with Crippen LogP contribution in [0.2, 0.25) is 0 Å². The minimum absolute atomic E-state index is 0.00419. The molecule has 22 heavy (non-hydrogen) atoms. The van der Waals surface area contributed by atoms with Crippen LogP contribution in [0.25, 0.3) is 0 Å². The molecule has 1 aliphatic rings. The molecule has 0 unspecified atom stereocenters. The van der Waals surface area contributed by atoms with E-state index in [4.69, 9.17) is 5.73 Å². The Bertz CT molecular complexity index is 559. The van der Waals surface area contributed by atoms with E-state index in [1.807, 2.05) is 37.3 Å². The number of carbonyl (C=O) groups is 3. The van der Waals surface area contributed by atoms with Gasteiger partial charge in [-0.25, -0.2) is 0 Å². The standard InChI is InChI=1S/C16H21N3O3/c1-2-13-11-18(16(22)15(17)21)9-8-14(20)19(13)10-12-6-4-3-5-7-12/h3-7,13H,2,8-11H2,1H3,(H2,17,21)/t13-/m0/s1. The summed E-state index contributed by atoms with van der Waals surface area (Å²) in [7, 11) is 0. The predicted molar refractivity (Wildman–Crippen MR) is 81.5 cm³/mol. The summed E-state index contributed by atoms with van der Waals surface area (Å²) in [6, 6.07) is 9.62. The molecule has 2 rings (SSSR count). The minimum atomic E-state index is -0.973. The Hall–Kier alpha value is -2.37. The smallest absolute Gasteiger partial charge is 0.311 e. The van der Waals surface area contributed by atoms with Crippen LogP contribution in [-0.2, 0) is 20.9 Å². The Kier molecular flexibility index (Phi) is 5.14. The van der Waals surface area contributed by atoms with Crippen molar-refractivity contribution in [3.05, 3.63) is 35.9 Å². The van der Waals surface area contributed by atoms with Crippen molar-refractivity contribution in [3.63, 3.8) is 0 Å². The topological polar surface area (TPSA) is 83.7 Å². The van der Waals surface area contributed by atoms with Crippen LogP contribution in [0.4, 0.5) is 0 Å². The van der Waals surface area contributed by atoms with Crippen molar-refractivity contribution in [1.29, 1.82) is 0 Å². The summed E-state index contributed by atoms with van der Waals surface area (Å²) in [6.45, 7) is 3.06. The monoisotopic (exact) mass is 303 g/mol. The molecule has 1 aromatic carbocycles. The second-order valence-electron chi connectivity index (χ2n) is 5.43. The van der Waals surface area contributed by atoms with Crippen molar-refractivity contribution in [3.8, 4) is 0 Å². The van der Waals surface area contributed by atoms with Gasteiger partial charge in [-0.3, -0.25) is 14.4 Å². The fourth-order valence-corrected chi connectivity index (χ4v) is 2.71. The summed E-state index contributed by atoms with van der Waals surface area (Å²) in [5, 5.41) is 0. The van der Waals surface area contributed by atoms with Crippen LogP contribution in [0.15, 0.2) is 30.3 Å². The molecular weight excluding hydrogens is 282 g/mol. The van der Waals surface area contributed by atoms with E-state index < -0.39 is 11.8 Å². The molecule has 0 aromatic heterocycles. The summed E-state index contributed by atoms with van der Waals surface area (Å²) in [5.74, 6) is -1.69. The van der Waals surface area contributed by atoms with E-state index in [9.17, 15) is 14.4 Å². The zero-order chi connectivity index (χ0) is 16.1. The van der Waals surface area contributed by atoms with Gasteiger partial charge in [0.2, 0.25) is 5.91 Å². The van der Waals surface area contributed by atoms with Crippen molar-refractivity contribution in [2.45, 2.75) is 32.4 Å². The summed E-state index contributed by atoms with van der Waals surface area (Å²) < 4.78 is 0. The fourth-order valence-electron chi connectivity index (χ4n) is 2.71. The number of hydrogen-bond acceptors (Lipinski definition) is 3. The first kappa shape index (κ1) is 16.0. The maximum Gasteiger partial charge on any atom is 0.311 e. The Labute approximate surface area is 129 Å². The second kappa shape index (κ2) is 7.06. The number of benzene rings is 1. The van der Waals surface area contributed by atoms with Gasteiger partial charge >= 0.3 is 11.8 Å². The largest absolute Gasteiger partial charge is 0.361 e. The van der Waals surface area contributed by atoms with Crippen molar-refractivity contribution < 1.29 is 14.4 Å². The Morgan fingerprint density at radius 2 is 1.95 bits per heavy atom. The van der Waals surface area contributed by atoms with Gasteiger partial charge in [0.15, 0.2) is 0 Å². The highest BCUT2D eigenvalue weighted by molar-refractivity contribution is 6.34. The highest BCUT2D eigenvalue weighted by atomic mass is 16.2. The van der Waals surface area contributed by atoms with Gasteiger partial charge in [0.05, 0.1) is 0 Å². The quantitative estimate of drug-likeness (QED) is 0.826. The second-order valence-corrected chi connectivity index (χ2v) is 5.43. The normalized spacial score (nSPS) is 19.0. The molecule has 1 aromatic rings. The molecule has 1 fully saturated rings. The lowest BCUT2D eigenvalue weighted by molar-refractivity contribution is -0.144. The lowest BCUT2D eigenvalue weighted by atomic mass is 10.1. The number of primary amides is 1. The number of rotatable bonds is 3. The van der Waals surface area contributed by atoms with Gasteiger partial charge in [-0.2, -0.15) is 0 Å². The Morgan fingerprint density at radius 3 is 2.55 bits per heavy atom. The Balaban J connectivity index is 2.17. The molecule has 1 heterocycles. The molecular formula is C16H21N3O3. The molecule has 0 saturated carbocycles. The maximum absolute atomic E-state index is 12.4. The van der Waals surface area contributed by atoms with Crippen LogP contribution in [-0.4, -0.2) is 46.7 Å². The lowest BCUT2D eigenvalue weighted by Gasteiger charge is -2.31. The highest BCUT2D eigenvalue weighted by Gasteiger charge is 2.31. The molecule has 118 valence electrons. The van der Waals surface area contributed by atoms with Crippen LogP contribution in [0, 0.1) is 0 Å². The molecule has 0 aliphatic carbocycles. The third-order valence-electron chi connectivity index (χ3n) is 3.95. The van der Waals surface area contributed by atoms with E-state index in [1.165, 1.54) is 4.90 Å². The Morgan fingerprint density at radius 1 is 1.27 bits per heavy atom. The first-order valence-electron chi connectivity index (χ1n) is 7.45. The van der Waals surface area contributed by atoms with E-state index in [-0.39, 0.29) is 24.9 Å². The number of nitrogens with two attached hydrogens (primary N) is 1. The van der Waals surface area contributed by atoms with Crippen molar-refractivity contribution in [2.75, 3.05) is 13.1 Å². The predicted octanol–water partition coefficient (Wildman–Crippen LogP) is 0.511.